The summed E-state index contributed by atoms with van der Waals surface area (Å²) < 4.78 is 10.9. The lowest BCUT2D eigenvalue weighted by Crippen LogP contribution is -2.21. The number of ether oxygens (including phenoxy) is 2. The second-order valence-corrected chi connectivity index (χ2v) is 5.14. The van der Waals surface area contributed by atoms with Gasteiger partial charge in [-0.25, -0.2) is 4.79 Å². The smallest absolute Gasteiger partial charge is 0.338 e. The van der Waals surface area contributed by atoms with E-state index in [9.17, 15) is 14.9 Å². The number of carbonyl (C=O) groups is 1. The molecule has 6 nitrogen and oxygen atoms in total. The standard InChI is InChI=1S/C13H13NO5/c1-13-7-6-10(11(13)19-13)18-12(15)8-2-4-9(5-3-8)14(16)17/h2-5,10-11H,6-7H2,1H3/t10-,11+,13-/m1/s1. The number of nitrogens with zero attached hydrogens (tertiary/aromatic N) is 1. The molecule has 2 fully saturated rings. The van der Waals surface area contributed by atoms with Crippen molar-refractivity contribution in [3.8, 4) is 0 Å². The highest BCUT2D eigenvalue weighted by Gasteiger charge is 2.62. The van der Waals surface area contributed by atoms with Crippen LogP contribution in [0.2, 0.25) is 0 Å². The fraction of sp³-hybridized carbons (Fsp3) is 0.462. The molecule has 100 valence electrons. The summed E-state index contributed by atoms with van der Waals surface area (Å²) >= 11 is 0. The van der Waals surface area contributed by atoms with Crippen molar-refractivity contribution in [2.45, 2.75) is 37.6 Å². The molecule has 3 atom stereocenters. The van der Waals surface area contributed by atoms with E-state index in [4.69, 9.17) is 9.47 Å². The molecule has 0 radical (unpaired) electrons. The van der Waals surface area contributed by atoms with E-state index < -0.39 is 10.9 Å². The average Bonchev–Trinajstić information content (AvgIpc) is 2.98. The summed E-state index contributed by atoms with van der Waals surface area (Å²) in [5.41, 5.74) is 0.163. The van der Waals surface area contributed by atoms with E-state index in [0.717, 1.165) is 12.8 Å². The van der Waals surface area contributed by atoms with Crippen LogP contribution >= 0.6 is 0 Å². The summed E-state index contributed by atoms with van der Waals surface area (Å²) in [6.07, 6.45) is 1.51. The van der Waals surface area contributed by atoms with E-state index in [-0.39, 0.29) is 23.5 Å². The number of rotatable bonds is 3. The van der Waals surface area contributed by atoms with Crippen molar-refractivity contribution >= 4 is 11.7 Å². The highest BCUT2D eigenvalue weighted by molar-refractivity contribution is 5.89. The molecule has 1 heterocycles. The molecule has 6 heteroatoms. The van der Waals surface area contributed by atoms with Crippen LogP contribution in [0.15, 0.2) is 24.3 Å². The van der Waals surface area contributed by atoms with E-state index in [1.54, 1.807) is 0 Å². The van der Waals surface area contributed by atoms with Crippen LogP contribution < -0.4 is 0 Å². The van der Waals surface area contributed by atoms with Gasteiger partial charge in [-0.3, -0.25) is 10.1 Å². The molecule has 0 amide bonds. The number of benzene rings is 1. The first kappa shape index (κ1) is 12.1. The minimum absolute atomic E-state index is 0.00879. The predicted octanol–water partition coefficient (Wildman–Crippen LogP) is 2.07. The molecule has 3 rings (SSSR count). The first-order valence-corrected chi connectivity index (χ1v) is 6.13. The molecule has 19 heavy (non-hydrogen) atoms. The Morgan fingerprint density at radius 3 is 2.63 bits per heavy atom. The molecule has 1 saturated heterocycles. The molecular formula is C13H13NO5. The third-order valence-electron chi connectivity index (χ3n) is 3.78. The van der Waals surface area contributed by atoms with Crippen molar-refractivity contribution in [3.05, 3.63) is 39.9 Å². The summed E-state index contributed by atoms with van der Waals surface area (Å²) in [7, 11) is 0. The third kappa shape index (κ3) is 2.08. The van der Waals surface area contributed by atoms with Crippen LogP contribution in [0.25, 0.3) is 0 Å². The van der Waals surface area contributed by atoms with Crippen molar-refractivity contribution in [3.63, 3.8) is 0 Å². The number of esters is 1. The van der Waals surface area contributed by atoms with Crippen LogP contribution in [0.5, 0.6) is 0 Å². The van der Waals surface area contributed by atoms with Gasteiger partial charge in [0.1, 0.15) is 12.2 Å². The molecular weight excluding hydrogens is 250 g/mol. The van der Waals surface area contributed by atoms with E-state index >= 15 is 0 Å². The lowest BCUT2D eigenvalue weighted by molar-refractivity contribution is -0.384. The first-order chi connectivity index (χ1) is 8.99. The predicted molar refractivity (Wildman–Crippen MR) is 64.8 cm³/mol. The van der Waals surface area contributed by atoms with Crippen molar-refractivity contribution in [2.75, 3.05) is 0 Å². The number of hydrogen-bond donors (Lipinski definition) is 0. The minimum Gasteiger partial charge on any atom is -0.456 e. The maximum atomic E-state index is 11.9. The lowest BCUT2D eigenvalue weighted by Gasteiger charge is -2.12. The Balaban J connectivity index is 1.66. The van der Waals surface area contributed by atoms with Gasteiger partial charge >= 0.3 is 5.97 Å². The quantitative estimate of drug-likeness (QED) is 0.361. The van der Waals surface area contributed by atoms with Gasteiger partial charge in [0.05, 0.1) is 16.1 Å². The van der Waals surface area contributed by atoms with Crippen LogP contribution in [0.1, 0.15) is 30.1 Å². The fourth-order valence-corrected chi connectivity index (χ4v) is 2.55. The highest BCUT2D eigenvalue weighted by atomic mass is 16.6. The number of fused-ring (bicyclic) bond motifs is 1. The van der Waals surface area contributed by atoms with Crippen molar-refractivity contribution in [2.24, 2.45) is 0 Å². The summed E-state index contributed by atoms with van der Waals surface area (Å²) in [4.78, 5) is 21.9. The Hall–Kier alpha value is -1.95. The van der Waals surface area contributed by atoms with E-state index in [1.807, 2.05) is 6.92 Å². The number of non-ortho nitro benzene ring substituents is 1. The van der Waals surface area contributed by atoms with Gasteiger partial charge in [0.25, 0.3) is 5.69 Å². The van der Waals surface area contributed by atoms with Crippen LogP contribution in [-0.4, -0.2) is 28.7 Å². The van der Waals surface area contributed by atoms with Gasteiger partial charge in [-0.15, -0.1) is 0 Å². The molecule has 0 N–H and O–H groups in total. The fourth-order valence-electron chi connectivity index (χ4n) is 2.55. The normalized spacial score (nSPS) is 31.6. The molecule has 1 aromatic rings. The van der Waals surface area contributed by atoms with Crippen molar-refractivity contribution < 1.29 is 19.2 Å². The highest BCUT2D eigenvalue weighted by Crippen LogP contribution is 2.50. The van der Waals surface area contributed by atoms with Gasteiger partial charge in [0, 0.05) is 12.1 Å². The Labute approximate surface area is 109 Å². The van der Waals surface area contributed by atoms with Crippen LogP contribution in [0.3, 0.4) is 0 Å². The number of carbonyl (C=O) groups excluding carboxylic acids is 1. The Morgan fingerprint density at radius 2 is 2.16 bits per heavy atom. The largest absolute Gasteiger partial charge is 0.456 e. The summed E-state index contributed by atoms with van der Waals surface area (Å²) in [5.74, 6) is -0.459. The number of hydrogen-bond acceptors (Lipinski definition) is 5. The average molecular weight is 263 g/mol. The van der Waals surface area contributed by atoms with Gasteiger partial charge in [0.2, 0.25) is 0 Å². The van der Waals surface area contributed by atoms with Gasteiger partial charge < -0.3 is 9.47 Å². The van der Waals surface area contributed by atoms with Gasteiger partial charge in [-0.05, 0) is 31.9 Å². The zero-order chi connectivity index (χ0) is 13.6. The maximum Gasteiger partial charge on any atom is 0.338 e. The van der Waals surface area contributed by atoms with E-state index in [2.05, 4.69) is 0 Å². The summed E-state index contributed by atoms with van der Waals surface area (Å²) in [6, 6.07) is 5.40. The van der Waals surface area contributed by atoms with Gasteiger partial charge in [-0.2, -0.15) is 0 Å². The first-order valence-electron chi connectivity index (χ1n) is 6.13. The summed E-state index contributed by atoms with van der Waals surface area (Å²) in [5, 5.41) is 10.5. The number of nitro groups is 1. The molecule has 1 aliphatic heterocycles. The number of epoxide rings is 1. The van der Waals surface area contributed by atoms with E-state index in [1.165, 1.54) is 24.3 Å². The number of nitro benzene ring substituents is 1. The Morgan fingerprint density at radius 1 is 1.47 bits per heavy atom. The maximum absolute atomic E-state index is 11.9. The zero-order valence-corrected chi connectivity index (χ0v) is 10.4. The van der Waals surface area contributed by atoms with Gasteiger partial charge in [0.15, 0.2) is 0 Å². The molecule has 1 saturated carbocycles. The lowest BCUT2D eigenvalue weighted by atomic mass is 10.1. The molecule has 0 aromatic heterocycles. The van der Waals surface area contributed by atoms with Crippen LogP contribution in [0.4, 0.5) is 5.69 Å². The molecule has 2 aliphatic rings. The second kappa shape index (κ2) is 4.03. The van der Waals surface area contributed by atoms with Crippen molar-refractivity contribution in [1.82, 2.24) is 0 Å². The molecule has 0 unspecified atom stereocenters. The monoisotopic (exact) mass is 263 g/mol. The third-order valence-corrected chi connectivity index (χ3v) is 3.78. The van der Waals surface area contributed by atoms with E-state index in [0.29, 0.717) is 5.56 Å². The van der Waals surface area contributed by atoms with Gasteiger partial charge in [-0.1, -0.05) is 0 Å². The minimum atomic E-state index is -0.504. The Bertz CT molecular complexity index is 540. The second-order valence-electron chi connectivity index (χ2n) is 5.14. The van der Waals surface area contributed by atoms with Crippen molar-refractivity contribution in [1.29, 1.82) is 0 Å². The van der Waals surface area contributed by atoms with Crippen LogP contribution in [0, 0.1) is 10.1 Å². The Kier molecular flexibility index (Phi) is 2.56. The topological polar surface area (TPSA) is 82.0 Å². The SMILES string of the molecule is C[C@@]12CC[C@@H](OC(=O)c3ccc([N+](=O)[O-])cc3)[C@@H]1O2. The molecule has 1 aliphatic carbocycles. The van der Waals surface area contributed by atoms with Crippen LogP contribution in [-0.2, 0) is 9.47 Å². The zero-order valence-electron chi connectivity index (χ0n) is 10.4. The molecule has 1 aromatic carbocycles. The summed E-state index contributed by atoms with van der Waals surface area (Å²) in [6.45, 7) is 2.01. The molecule has 0 bridgehead atoms. The molecule has 0 spiro atoms.